The number of hydrogen-bond donors (Lipinski definition) is 3. The average Bonchev–Trinajstić information content (AvgIpc) is 3.33. The van der Waals surface area contributed by atoms with Gasteiger partial charge in [0.1, 0.15) is 0 Å². The lowest BCUT2D eigenvalue weighted by Gasteiger charge is -2.10. The third kappa shape index (κ3) is 6.92. The van der Waals surface area contributed by atoms with E-state index in [2.05, 4.69) is 15.4 Å². The van der Waals surface area contributed by atoms with Crippen molar-refractivity contribution in [2.75, 3.05) is 31.3 Å². The molecule has 0 bridgehead atoms. The van der Waals surface area contributed by atoms with Gasteiger partial charge in [0.25, 0.3) is 0 Å². The minimum atomic E-state index is -0.941. The molecule has 0 amide bonds. The van der Waals surface area contributed by atoms with Crippen LogP contribution in [0.1, 0.15) is 46.4 Å². The first-order chi connectivity index (χ1) is 14.4. The van der Waals surface area contributed by atoms with Crippen LogP contribution in [0.5, 0.6) is 0 Å². The van der Waals surface area contributed by atoms with Crippen molar-refractivity contribution in [3.63, 3.8) is 0 Å². The molecule has 30 heavy (non-hydrogen) atoms. The SMILES string of the molecule is CNc1ccc(C(=O)OC)cc1.O=C(O)c1ccc(NCC(=O)C2CCCC2)cc1. The van der Waals surface area contributed by atoms with Crippen LogP contribution in [0.2, 0.25) is 0 Å². The molecule has 0 aliphatic heterocycles. The Morgan fingerprint density at radius 3 is 1.97 bits per heavy atom. The Labute approximate surface area is 176 Å². The van der Waals surface area contributed by atoms with Crippen molar-refractivity contribution in [2.45, 2.75) is 25.7 Å². The number of carboxylic acid groups (broad SMARTS) is 1. The van der Waals surface area contributed by atoms with Crippen molar-refractivity contribution in [3.05, 3.63) is 59.7 Å². The molecule has 3 N–H and O–H groups in total. The lowest BCUT2D eigenvalue weighted by atomic mass is 10.0. The molecule has 7 heteroatoms. The van der Waals surface area contributed by atoms with Crippen molar-refractivity contribution in [1.29, 1.82) is 0 Å². The summed E-state index contributed by atoms with van der Waals surface area (Å²) in [5, 5.41) is 14.8. The number of carboxylic acids is 1. The van der Waals surface area contributed by atoms with E-state index < -0.39 is 5.97 Å². The fourth-order valence-corrected chi connectivity index (χ4v) is 3.20. The van der Waals surface area contributed by atoms with Gasteiger partial charge in [0.2, 0.25) is 0 Å². The summed E-state index contributed by atoms with van der Waals surface area (Å²) < 4.78 is 4.55. The summed E-state index contributed by atoms with van der Waals surface area (Å²) in [4.78, 5) is 33.5. The van der Waals surface area contributed by atoms with E-state index in [0.29, 0.717) is 12.1 Å². The maximum absolute atomic E-state index is 11.8. The summed E-state index contributed by atoms with van der Waals surface area (Å²) in [5.74, 6) is -0.771. The number of rotatable bonds is 7. The highest BCUT2D eigenvalue weighted by atomic mass is 16.5. The highest BCUT2D eigenvalue weighted by Gasteiger charge is 2.21. The maximum atomic E-state index is 11.8. The predicted molar refractivity (Wildman–Crippen MR) is 116 cm³/mol. The second-order valence-corrected chi connectivity index (χ2v) is 7.00. The fraction of sp³-hybridized carbons (Fsp3) is 0.348. The van der Waals surface area contributed by atoms with Crippen LogP contribution in [0.15, 0.2) is 48.5 Å². The molecule has 0 heterocycles. The number of anilines is 2. The van der Waals surface area contributed by atoms with Crippen LogP contribution in [-0.2, 0) is 9.53 Å². The largest absolute Gasteiger partial charge is 0.478 e. The van der Waals surface area contributed by atoms with E-state index >= 15 is 0 Å². The van der Waals surface area contributed by atoms with E-state index in [1.54, 1.807) is 24.3 Å². The number of esters is 1. The first kappa shape index (κ1) is 22.9. The van der Waals surface area contributed by atoms with Crippen LogP contribution in [-0.4, -0.2) is 43.5 Å². The van der Waals surface area contributed by atoms with E-state index in [9.17, 15) is 14.4 Å². The second-order valence-electron chi connectivity index (χ2n) is 7.00. The molecule has 3 rings (SSSR count). The molecule has 1 aliphatic rings. The topological polar surface area (TPSA) is 105 Å². The molecular formula is C23H28N2O5. The number of Topliss-reactive ketones (excluding diaryl/α,β-unsaturated/α-hetero) is 1. The van der Waals surface area contributed by atoms with Gasteiger partial charge < -0.3 is 20.5 Å². The molecule has 160 valence electrons. The van der Waals surface area contributed by atoms with E-state index in [1.165, 1.54) is 19.2 Å². The molecule has 0 aromatic heterocycles. The lowest BCUT2D eigenvalue weighted by Crippen LogP contribution is -2.20. The van der Waals surface area contributed by atoms with Crippen molar-refractivity contribution in [2.24, 2.45) is 5.92 Å². The number of carbonyl (C=O) groups is 3. The second kappa shape index (κ2) is 11.6. The first-order valence-electron chi connectivity index (χ1n) is 9.90. The van der Waals surface area contributed by atoms with E-state index in [4.69, 9.17) is 5.11 Å². The molecule has 2 aromatic carbocycles. The minimum Gasteiger partial charge on any atom is -0.478 e. The summed E-state index contributed by atoms with van der Waals surface area (Å²) in [6.07, 6.45) is 4.34. The van der Waals surface area contributed by atoms with Gasteiger partial charge in [-0.15, -0.1) is 0 Å². The number of carbonyl (C=O) groups excluding carboxylic acids is 2. The van der Waals surface area contributed by atoms with Gasteiger partial charge in [0, 0.05) is 24.3 Å². The predicted octanol–water partition coefficient (Wildman–Crippen LogP) is 4.07. The summed E-state index contributed by atoms with van der Waals surface area (Å²) in [6, 6.07) is 13.5. The quantitative estimate of drug-likeness (QED) is 0.589. The normalized spacial score (nSPS) is 13.0. The van der Waals surface area contributed by atoms with Crippen molar-refractivity contribution in [3.8, 4) is 0 Å². The van der Waals surface area contributed by atoms with Crippen LogP contribution in [0.3, 0.4) is 0 Å². The Hall–Kier alpha value is -3.35. The molecule has 7 nitrogen and oxygen atoms in total. The Bertz CT molecular complexity index is 841. The fourth-order valence-electron chi connectivity index (χ4n) is 3.20. The zero-order valence-electron chi connectivity index (χ0n) is 17.3. The molecule has 2 aromatic rings. The summed E-state index contributed by atoms with van der Waals surface area (Å²) in [7, 11) is 3.20. The Balaban J connectivity index is 0.000000232. The van der Waals surface area contributed by atoms with Crippen molar-refractivity contribution >= 4 is 29.1 Å². The first-order valence-corrected chi connectivity index (χ1v) is 9.90. The number of aromatic carboxylic acids is 1. The van der Waals surface area contributed by atoms with Crippen molar-refractivity contribution < 1.29 is 24.2 Å². The maximum Gasteiger partial charge on any atom is 0.337 e. The molecule has 0 saturated heterocycles. The highest BCUT2D eigenvalue weighted by Crippen LogP contribution is 2.25. The van der Waals surface area contributed by atoms with E-state index in [1.807, 2.05) is 19.2 Å². The van der Waals surface area contributed by atoms with Gasteiger partial charge in [-0.1, -0.05) is 12.8 Å². The third-order valence-corrected chi connectivity index (χ3v) is 5.00. The number of hydrogen-bond acceptors (Lipinski definition) is 6. The van der Waals surface area contributed by atoms with Gasteiger partial charge >= 0.3 is 11.9 Å². The molecular weight excluding hydrogens is 384 g/mol. The summed E-state index contributed by atoms with van der Waals surface area (Å²) in [6.45, 7) is 0.330. The molecule has 0 radical (unpaired) electrons. The van der Waals surface area contributed by atoms with Crippen LogP contribution < -0.4 is 10.6 Å². The van der Waals surface area contributed by atoms with Crippen LogP contribution >= 0.6 is 0 Å². The highest BCUT2D eigenvalue weighted by molar-refractivity contribution is 5.90. The zero-order chi connectivity index (χ0) is 21.9. The molecule has 1 fully saturated rings. The van der Waals surface area contributed by atoms with Crippen LogP contribution in [0.4, 0.5) is 11.4 Å². The molecule has 1 aliphatic carbocycles. The third-order valence-electron chi connectivity index (χ3n) is 5.00. The summed E-state index contributed by atoms with van der Waals surface area (Å²) >= 11 is 0. The Morgan fingerprint density at radius 2 is 1.47 bits per heavy atom. The van der Waals surface area contributed by atoms with Crippen molar-refractivity contribution in [1.82, 2.24) is 0 Å². The number of benzene rings is 2. The van der Waals surface area contributed by atoms with E-state index in [0.717, 1.165) is 37.1 Å². The monoisotopic (exact) mass is 412 g/mol. The smallest absolute Gasteiger partial charge is 0.337 e. The number of methoxy groups -OCH3 is 1. The van der Waals surface area contributed by atoms with E-state index in [-0.39, 0.29) is 23.2 Å². The zero-order valence-corrected chi connectivity index (χ0v) is 17.3. The van der Waals surface area contributed by atoms with Gasteiger partial charge in [-0.25, -0.2) is 9.59 Å². The van der Waals surface area contributed by atoms with Crippen LogP contribution in [0.25, 0.3) is 0 Å². The Morgan fingerprint density at radius 1 is 0.933 bits per heavy atom. The Kier molecular flexibility index (Phi) is 8.87. The lowest BCUT2D eigenvalue weighted by molar-refractivity contribution is -0.120. The van der Waals surface area contributed by atoms with Gasteiger partial charge in [0.15, 0.2) is 5.78 Å². The summed E-state index contributed by atoms with van der Waals surface area (Å²) in [5.41, 5.74) is 2.58. The van der Waals surface area contributed by atoms with Crippen LogP contribution in [0, 0.1) is 5.92 Å². The van der Waals surface area contributed by atoms with Gasteiger partial charge in [-0.05, 0) is 61.4 Å². The number of nitrogens with one attached hydrogen (secondary N) is 2. The number of ketones is 1. The van der Waals surface area contributed by atoms with Gasteiger partial charge in [-0.2, -0.15) is 0 Å². The molecule has 1 saturated carbocycles. The number of ether oxygens (including phenoxy) is 1. The molecule has 0 atom stereocenters. The van der Waals surface area contributed by atoms with Gasteiger partial charge in [-0.3, -0.25) is 4.79 Å². The molecule has 0 unspecified atom stereocenters. The molecule has 0 spiro atoms. The standard InChI is InChI=1S/C14H17NO3.C9H11NO2/c16-13(10-3-1-2-4-10)9-15-12-7-5-11(6-8-12)14(17)18;1-10-8-5-3-7(4-6-8)9(11)12-2/h5-8,10,15H,1-4,9H2,(H,17,18);3-6,10H,1-2H3. The average molecular weight is 412 g/mol. The van der Waals surface area contributed by atoms with Gasteiger partial charge in [0.05, 0.1) is 24.8 Å². The minimum absolute atomic E-state index is 0.218.